The predicted octanol–water partition coefficient (Wildman–Crippen LogP) is 5.16. The number of benzene rings is 2. The molecule has 0 fully saturated rings. The number of fused-ring (bicyclic) bond motifs is 1. The molecule has 2 aromatic carbocycles. The molecule has 2 N–H and O–H groups in total. The summed E-state index contributed by atoms with van der Waals surface area (Å²) in [7, 11) is 1.62. The van der Waals surface area contributed by atoms with Crippen molar-refractivity contribution in [2.75, 3.05) is 37.4 Å². The van der Waals surface area contributed by atoms with Crippen molar-refractivity contribution in [3.05, 3.63) is 47.9 Å². The minimum Gasteiger partial charge on any atom is -0.493 e. The van der Waals surface area contributed by atoms with Gasteiger partial charge >= 0.3 is 0 Å². The lowest BCUT2D eigenvalue weighted by molar-refractivity contribution is -0.119. The summed E-state index contributed by atoms with van der Waals surface area (Å²) in [6.07, 6.45) is 1.49. The lowest BCUT2D eigenvalue weighted by Gasteiger charge is -2.30. The van der Waals surface area contributed by atoms with Crippen LogP contribution in [0.3, 0.4) is 0 Å². The van der Waals surface area contributed by atoms with Crippen LogP contribution in [0.2, 0.25) is 0 Å². The molecule has 0 saturated heterocycles. The third-order valence-electron chi connectivity index (χ3n) is 6.93. The number of nitrogens with zero attached hydrogens (tertiary/aromatic N) is 3. The normalized spacial score (nSPS) is 15.2. The summed E-state index contributed by atoms with van der Waals surface area (Å²) in [5.74, 6) is 2.15. The van der Waals surface area contributed by atoms with Crippen molar-refractivity contribution in [2.24, 2.45) is 5.92 Å². The van der Waals surface area contributed by atoms with Crippen molar-refractivity contribution >= 4 is 17.3 Å². The molecular weight excluding hydrogens is 482 g/mol. The molecule has 0 aliphatic carbocycles. The quantitative estimate of drug-likeness (QED) is 0.377. The number of hydrogen-bond donors (Lipinski definition) is 2. The van der Waals surface area contributed by atoms with Crippen LogP contribution < -0.4 is 20.1 Å². The number of aromatic nitrogens is 2. The largest absolute Gasteiger partial charge is 0.493 e. The zero-order valence-corrected chi connectivity index (χ0v) is 23.2. The summed E-state index contributed by atoms with van der Waals surface area (Å²) in [4.78, 5) is 19.9. The number of carbonyl (C=O) groups excluding carboxylic acids is 1. The molecule has 9 nitrogen and oxygen atoms in total. The summed E-state index contributed by atoms with van der Waals surface area (Å²) in [5.41, 5.74) is 3.76. The first kappa shape index (κ1) is 27.4. The second-order valence-corrected chi connectivity index (χ2v) is 10.3. The van der Waals surface area contributed by atoms with E-state index in [-0.39, 0.29) is 11.8 Å². The molecule has 9 heteroatoms. The fourth-order valence-electron chi connectivity index (χ4n) is 4.90. The van der Waals surface area contributed by atoms with Crippen molar-refractivity contribution in [3.63, 3.8) is 0 Å². The lowest BCUT2D eigenvalue weighted by Crippen LogP contribution is -2.39. The number of hydrogen-bond acceptors (Lipinski definition) is 8. The molecule has 0 saturated carbocycles. The van der Waals surface area contributed by atoms with Gasteiger partial charge in [0.1, 0.15) is 6.61 Å². The van der Waals surface area contributed by atoms with Crippen LogP contribution in [0.1, 0.15) is 45.6 Å². The lowest BCUT2D eigenvalue weighted by atomic mass is 9.99. The van der Waals surface area contributed by atoms with Gasteiger partial charge in [-0.25, -0.2) is 0 Å². The molecule has 204 valence electrons. The summed E-state index contributed by atoms with van der Waals surface area (Å²) >= 11 is 0. The van der Waals surface area contributed by atoms with E-state index in [9.17, 15) is 4.79 Å². The van der Waals surface area contributed by atoms with Crippen molar-refractivity contribution < 1.29 is 18.8 Å². The average molecular weight is 522 g/mol. The standard InChI is InChI=1S/C29H39N5O4/c1-18(2)34(19(3)4)13-14-37-27-16-24(10-12-26(27)36-6)32-29(35)23-8-7-21-15-22(9-11-25(21)30-17-23)28-31-20(5)38-33-28/h9-12,15-16,18-19,23,30H,7-8,13-14,17H2,1-6H3,(H,32,35). The number of nitrogens with one attached hydrogen (secondary N) is 2. The van der Waals surface area contributed by atoms with Gasteiger partial charge in [-0.2, -0.15) is 4.98 Å². The number of rotatable bonds is 10. The van der Waals surface area contributed by atoms with Gasteiger partial charge in [0.05, 0.1) is 13.0 Å². The van der Waals surface area contributed by atoms with Crippen molar-refractivity contribution in [1.82, 2.24) is 15.0 Å². The maximum absolute atomic E-state index is 13.2. The van der Waals surface area contributed by atoms with Crippen LogP contribution in [-0.2, 0) is 11.2 Å². The first-order valence-electron chi connectivity index (χ1n) is 13.3. The molecular formula is C29H39N5O4. The van der Waals surface area contributed by atoms with Crippen LogP contribution in [0.5, 0.6) is 11.5 Å². The zero-order valence-electron chi connectivity index (χ0n) is 23.2. The van der Waals surface area contributed by atoms with E-state index < -0.39 is 0 Å². The Morgan fingerprint density at radius 3 is 2.63 bits per heavy atom. The second kappa shape index (κ2) is 12.3. The minimum absolute atomic E-state index is 0.0266. The predicted molar refractivity (Wildman–Crippen MR) is 149 cm³/mol. The Morgan fingerprint density at radius 1 is 1.16 bits per heavy atom. The number of ether oxygens (including phenoxy) is 2. The number of anilines is 2. The van der Waals surface area contributed by atoms with Crippen molar-refractivity contribution in [1.29, 1.82) is 0 Å². The number of carbonyl (C=O) groups is 1. The molecule has 1 aliphatic rings. The van der Waals surface area contributed by atoms with E-state index in [1.807, 2.05) is 30.3 Å². The number of amides is 1. The zero-order chi connectivity index (χ0) is 27.2. The van der Waals surface area contributed by atoms with Gasteiger partial charge < -0.3 is 24.6 Å². The van der Waals surface area contributed by atoms with Gasteiger partial charge in [0.2, 0.25) is 17.6 Å². The minimum atomic E-state index is -0.185. The first-order chi connectivity index (χ1) is 18.2. The van der Waals surface area contributed by atoms with Crippen LogP contribution in [0.15, 0.2) is 40.9 Å². The van der Waals surface area contributed by atoms with E-state index in [0.717, 1.165) is 36.2 Å². The van der Waals surface area contributed by atoms with E-state index in [4.69, 9.17) is 14.0 Å². The molecule has 1 aliphatic heterocycles. The van der Waals surface area contributed by atoms with Crippen LogP contribution >= 0.6 is 0 Å². The molecule has 0 radical (unpaired) electrons. The Labute approximate surface area is 224 Å². The Balaban J connectivity index is 1.38. The highest BCUT2D eigenvalue weighted by Gasteiger charge is 2.23. The molecule has 3 aromatic rings. The van der Waals surface area contributed by atoms with Crippen molar-refractivity contribution in [2.45, 2.75) is 59.5 Å². The fraction of sp³-hybridized carbons (Fsp3) is 0.483. The Bertz CT molecular complexity index is 1230. The molecule has 4 rings (SSSR count). The van der Waals surface area contributed by atoms with E-state index in [2.05, 4.69) is 59.4 Å². The van der Waals surface area contributed by atoms with E-state index in [0.29, 0.717) is 54.1 Å². The summed E-state index contributed by atoms with van der Waals surface area (Å²) in [6.45, 7) is 12.4. The van der Waals surface area contributed by atoms with Gasteiger partial charge in [0.25, 0.3) is 0 Å². The topological polar surface area (TPSA) is 102 Å². The maximum Gasteiger partial charge on any atom is 0.229 e. The molecule has 2 heterocycles. The van der Waals surface area contributed by atoms with Gasteiger partial charge in [0.15, 0.2) is 11.5 Å². The maximum atomic E-state index is 13.2. The first-order valence-corrected chi connectivity index (χ1v) is 13.3. The molecule has 1 atom stereocenters. The van der Waals surface area contributed by atoms with Gasteiger partial charge in [-0.15, -0.1) is 0 Å². The summed E-state index contributed by atoms with van der Waals surface area (Å²) in [6, 6.07) is 12.4. The summed E-state index contributed by atoms with van der Waals surface area (Å²) in [5, 5.41) is 10.5. The van der Waals surface area contributed by atoms with Crippen molar-refractivity contribution in [3.8, 4) is 22.9 Å². The van der Waals surface area contributed by atoms with Gasteiger partial charge in [-0.05, 0) is 76.4 Å². The molecule has 0 spiro atoms. The third kappa shape index (κ3) is 6.64. The Morgan fingerprint density at radius 2 is 1.95 bits per heavy atom. The third-order valence-corrected chi connectivity index (χ3v) is 6.93. The van der Waals surface area contributed by atoms with E-state index in [1.165, 1.54) is 0 Å². The van der Waals surface area contributed by atoms with Gasteiger partial charge in [-0.1, -0.05) is 5.16 Å². The fourth-order valence-corrected chi connectivity index (χ4v) is 4.90. The monoisotopic (exact) mass is 521 g/mol. The van der Waals surface area contributed by atoms with Gasteiger partial charge in [-0.3, -0.25) is 9.69 Å². The highest BCUT2D eigenvalue weighted by atomic mass is 16.5. The molecule has 0 bridgehead atoms. The smallest absolute Gasteiger partial charge is 0.229 e. The van der Waals surface area contributed by atoms with E-state index in [1.54, 1.807) is 14.0 Å². The SMILES string of the molecule is COc1ccc(NC(=O)C2CCc3cc(-c4noc(C)n4)ccc3NC2)cc1OCCN(C(C)C)C(C)C. The molecule has 1 aromatic heterocycles. The van der Waals surface area contributed by atoms with Crippen LogP contribution in [-0.4, -0.2) is 59.8 Å². The average Bonchev–Trinajstić information content (AvgIpc) is 3.20. The molecule has 1 amide bonds. The highest BCUT2D eigenvalue weighted by Crippen LogP contribution is 2.32. The Hall–Kier alpha value is -3.59. The summed E-state index contributed by atoms with van der Waals surface area (Å²) < 4.78 is 16.7. The second-order valence-electron chi connectivity index (χ2n) is 10.3. The van der Waals surface area contributed by atoms with Gasteiger partial charge in [0, 0.05) is 55.1 Å². The molecule has 1 unspecified atom stereocenters. The number of aryl methyl sites for hydroxylation is 2. The van der Waals surface area contributed by atoms with Crippen LogP contribution in [0.4, 0.5) is 11.4 Å². The van der Waals surface area contributed by atoms with E-state index >= 15 is 0 Å². The van der Waals surface area contributed by atoms with Crippen LogP contribution in [0, 0.1) is 12.8 Å². The van der Waals surface area contributed by atoms with Crippen LogP contribution in [0.25, 0.3) is 11.4 Å². The number of methoxy groups -OCH3 is 1. The highest BCUT2D eigenvalue weighted by molar-refractivity contribution is 5.93. The Kier molecular flexibility index (Phi) is 8.89. The molecule has 38 heavy (non-hydrogen) atoms.